The summed E-state index contributed by atoms with van der Waals surface area (Å²) >= 11 is 7.73. The summed E-state index contributed by atoms with van der Waals surface area (Å²) < 4.78 is 28.9. The molecule has 4 nitrogen and oxygen atoms in total. The van der Waals surface area contributed by atoms with E-state index in [0.717, 1.165) is 24.4 Å². The van der Waals surface area contributed by atoms with Crippen LogP contribution in [-0.4, -0.2) is 41.4 Å². The predicted molar refractivity (Wildman–Crippen MR) is 85.0 cm³/mol. The first-order valence-electron chi connectivity index (χ1n) is 6.85. The van der Waals surface area contributed by atoms with Gasteiger partial charge in [0.2, 0.25) is 10.0 Å². The van der Waals surface area contributed by atoms with Crippen LogP contribution in [0, 0.1) is 0 Å². The number of nitrogens with zero attached hydrogens (tertiary/aromatic N) is 2. The molecule has 1 aromatic heterocycles. The Kier molecular flexibility index (Phi) is 5.45. The van der Waals surface area contributed by atoms with E-state index in [1.54, 1.807) is 16.6 Å². The fourth-order valence-corrected chi connectivity index (χ4v) is 5.43. The topological polar surface area (TPSA) is 42.3 Å². The van der Waals surface area contributed by atoms with Gasteiger partial charge in [-0.25, -0.2) is 8.42 Å². The second kappa shape index (κ2) is 6.73. The lowest BCUT2D eigenvalue weighted by molar-refractivity contribution is 0.424. The largest absolute Gasteiger partial charge is 0.349 e. The zero-order chi connectivity index (χ0) is 14.8. The van der Waals surface area contributed by atoms with Crippen molar-refractivity contribution in [1.29, 1.82) is 0 Å². The van der Waals surface area contributed by atoms with E-state index in [4.69, 9.17) is 11.6 Å². The third kappa shape index (κ3) is 3.35. The molecule has 7 heteroatoms. The minimum atomic E-state index is -3.38. The van der Waals surface area contributed by atoms with Gasteiger partial charge in [0.25, 0.3) is 0 Å². The maximum Gasteiger partial charge on any atom is 0.244 e. The van der Waals surface area contributed by atoms with Gasteiger partial charge in [-0.2, -0.15) is 16.1 Å². The summed E-state index contributed by atoms with van der Waals surface area (Å²) in [7, 11) is -3.38. The molecule has 2 rings (SSSR count). The Hall–Kier alpha value is -0.170. The van der Waals surface area contributed by atoms with Gasteiger partial charge in [0, 0.05) is 42.5 Å². The molecule has 1 fully saturated rings. The summed E-state index contributed by atoms with van der Waals surface area (Å²) in [5.74, 6) is 1.19. The maximum absolute atomic E-state index is 12.7. The minimum Gasteiger partial charge on any atom is -0.349 e. The van der Waals surface area contributed by atoms with Crippen LogP contribution < -0.4 is 0 Å². The van der Waals surface area contributed by atoms with Crippen LogP contribution in [0.2, 0.25) is 0 Å². The summed E-state index contributed by atoms with van der Waals surface area (Å²) in [4.78, 5) is 0.376. The molecule has 1 aliphatic rings. The van der Waals surface area contributed by atoms with E-state index in [1.165, 1.54) is 0 Å². The Labute approximate surface area is 130 Å². The molecule has 0 radical (unpaired) electrons. The van der Waals surface area contributed by atoms with Gasteiger partial charge in [0.05, 0.1) is 5.88 Å². The van der Waals surface area contributed by atoms with Crippen LogP contribution in [0.3, 0.4) is 0 Å². The van der Waals surface area contributed by atoms with E-state index < -0.39 is 10.0 Å². The van der Waals surface area contributed by atoms with Gasteiger partial charge in [0.1, 0.15) is 4.90 Å². The van der Waals surface area contributed by atoms with Crippen LogP contribution in [0.15, 0.2) is 17.2 Å². The summed E-state index contributed by atoms with van der Waals surface area (Å²) in [6, 6.07) is 1.71. The summed E-state index contributed by atoms with van der Waals surface area (Å²) in [6.45, 7) is 6.10. The molecular weight excluding hydrogens is 316 g/mol. The molecule has 0 spiro atoms. The van der Waals surface area contributed by atoms with Gasteiger partial charge >= 0.3 is 0 Å². The Morgan fingerprint density at radius 3 is 2.85 bits per heavy atom. The third-order valence-corrected chi connectivity index (χ3v) is 6.64. The number of alkyl halides is 1. The third-order valence-electron chi connectivity index (χ3n) is 3.40. The normalized spacial score (nSPS) is 21.2. The van der Waals surface area contributed by atoms with E-state index >= 15 is 0 Å². The second-order valence-corrected chi connectivity index (χ2v) is 8.79. The van der Waals surface area contributed by atoms with Crippen molar-refractivity contribution in [1.82, 2.24) is 8.87 Å². The Balaban J connectivity index is 2.29. The molecule has 2 heterocycles. The molecule has 0 aliphatic carbocycles. The van der Waals surface area contributed by atoms with E-state index in [2.05, 4.69) is 13.8 Å². The fourth-order valence-electron chi connectivity index (χ4n) is 2.38. The fraction of sp³-hybridized carbons (Fsp3) is 0.692. The average molecular weight is 337 g/mol. The number of aromatic nitrogens is 1. The molecule has 0 bridgehead atoms. The van der Waals surface area contributed by atoms with Gasteiger partial charge in [-0.3, -0.25) is 0 Å². The van der Waals surface area contributed by atoms with E-state index in [9.17, 15) is 8.42 Å². The van der Waals surface area contributed by atoms with Crippen molar-refractivity contribution >= 4 is 33.4 Å². The molecule has 1 atom stereocenters. The molecule has 20 heavy (non-hydrogen) atoms. The molecule has 1 unspecified atom stereocenters. The smallest absolute Gasteiger partial charge is 0.244 e. The van der Waals surface area contributed by atoms with Crippen molar-refractivity contribution < 1.29 is 8.42 Å². The number of hydrogen-bond donors (Lipinski definition) is 0. The van der Waals surface area contributed by atoms with Gasteiger partial charge in [0.15, 0.2) is 0 Å². The van der Waals surface area contributed by atoms with E-state index in [-0.39, 0.29) is 0 Å². The summed E-state index contributed by atoms with van der Waals surface area (Å²) in [6.07, 6.45) is 2.68. The highest BCUT2D eigenvalue weighted by Crippen LogP contribution is 2.26. The van der Waals surface area contributed by atoms with E-state index in [1.807, 2.05) is 16.3 Å². The molecule has 1 aromatic rings. The highest BCUT2D eigenvalue weighted by molar-refractivity contribution is 8.00. The second-order valence-electron chi connectivity index (χ2n) is 5.04. The molecule has 0 saturated carbocycles. The zero-order valence-electron chi connectivity index (χ0n) is 11.9. The standard InChI is InChI=1S/C13H21ClN2O2S2/c1-3-4-15-10-13(7-12(15)8-14)20(17,18)16-5-6-19-11(2)9-16/h7,10-11H,3-6,8-9H2,1-2H3. The van der Waals surface area contributed by atoms with Gasteiger partial charge < -0.3 is 4.57 Å². The van der Waals surface area contributed by atoms with Gasteiger partial charge in [-0.1, -0.05) is 13.8 Å². The molecule has 114 valence electrons. The summed E-state index contributed by atoms with van der Waals surface area (Å²) in [5.41, 5.74) is 0.867. The van der Waals surface area contributed by atoms with Crippen LogP contribution in [0.25, 0.3) is 0 Å². The Bertz CT molecular complexity index is 557. The van der Waals surface area contributed by atoms with Crippen molar-refractivity contribution in [2.45, 2.75) is 42.8 Å². The number of aryl methyl sites for hydroxylation is 1. The highest BCUT2D eigenvalue weighted by atomic mass is 35.5. The van der Waals surface area contributed by atoms with Crippen molar-refractivity contribution in [3.63, 3.8) is 0 Å². The van der Waals surface area contributed by atoms with Crippen molar-refractivity contribution in [2.75, 3.05) is 18.8 Å². The van der Waals surface area contributed by atoms with E-state index in [0.29, 0.717) is 29.1 Å². The lowest BCUT2D eigenvalue weighted by Gasteiger charge is -2.29. The lowest BCUT2D eigenvalue weighted by Crippen LogP contribution is -2.40. The van der Waals surface area contributed by atoms with Crippen LogP contribution in [-0.2, 0) is 22.4 Å². The molecule has 1 aliphatic heterocycles. The predicted octanol–water partition coefficient (Wildman–Crippen LogP) is 2.76. The minimum absolute atomic E-state index is 0.335. The van der Waals surface area contributed by atoms with Crippen LogP contribution in [0.1, 0.15) is 26.0 Å². The number of thioether (sulfide) groups is 1. The van der Waals surface area contributed by atoms with Crippen LogP contribution in [0.4, 0.5) is 0 Å². The molecule has 1 saturated heterocycles. The first-order valence-corrected chi connectivity index (χ1v) is 9.88. The van der Waals surface area contributed by atoms with Crippen LogP contribution >= 0.6 is 23.4 Å². The quantitative estimate of drug-likeness (QED) is 0.776. The van der Waals surface area contributed by atoms with Crippen molar-refractivity contribution in [3.05, 3.63) is 18.0 Å². The Morgan fingerprint density at radius 1 is 1.50 bits per heavy atom. The maximum atomic E-state index is 12.7. The SMILES string of the molecule is CCCn1cc(S(=O)(=O)N2CCSC(C)C2)cc1CCl. The zero-order valence-corrected chi connectivity index (χ0v) is 14.3. The Morgan fingerprint density at radius 2 is 2.25 bits per heavy atom. The number of hydrogen-bond acceptors (Lipinski definition) is 3. The first-order chi connectivity index (χ1) is 9.48. The van der Waals surface area contributed by atoms with Crippen molar-refractivity contribution in [3.8, 4) is 0 Å². The average Bonchev–Trinajstić information content (AvgIpc) is 2.83. The van der Waals surface area contributed by atoms with Gasteiger partial charge in [-0.05, 0) is 12.5 Å². The number of sulfonamides is 1. The molecule has 0 amide bonds. The lowest BCUT2D eigenvalue weighted by atomic mass is 10.4. The van der Waals surface area contributed by atoms with Crippen molar-refractivity contribution in [2.24, 2.45) is 0 Å². The molecular formula is C13H21ClN2O2S2. The van der Waals surface area contributed by atoms with Crippen LogP contribution in [0.5, 0.6) is 0 Å². The number of rotatable bonds is 5. The highest BCUT2D eigenvalue weighted by Gasteiger charge is 2.30. The molecule has 0 N–H and O–H groups in total. The van der Waals surface area contributed by atoms with Gasteiger partial charge in [-0.15, -0.1) is 11.6 Å². The first kappa shape index (κ1) is 16.2. The molecule has 0 aromatic carbocycles. The summed E-state index contributed by atoms with van der Waals surface area (Å²) in [5, 5.41) is 0.351. The monoisotopic (exact) mass is 336 g/mol. The number of halogens is 1.